The summed E-state index contributed by atoms with van der Waals surface area (Å²) in [5, 5.41) is 15.8. The van der Waals surface area contributed by atoms with E-state index in [0.717, 1.165) is 25.7 Å². The SMILES string of the molecule is CC(C)(C(=O)Nc1cc(C2(CO)CCCC2)no1)S(=O)(=O)C1CCOCC1. The van der Waals surface area contributed by atoms with Gasteiger partial charge in [0.15, 0.2) is 9.84 Å². The third kappa shape index (κ3) is 3.64. The number of sulfone groups is 1. The van der Waals surface area contributed by atoms with E-state index in [-0.39, 0.29) is 12.5 Å². The fraction of sp³-hybridized carbons (Fsp3) is 0.778. The van der Waals surface area contributed by atoms with E-state index in [1.807, 2.05) is 0 Å². The van der Waals surface area contributed by atoms with Crippen LogP contribution in [0.1, 0.15) is 58.1 Å². The van der Waals surface area contributed by atoms with Gasteiger partial charge in [0, 0.05) is 24.7 Å². The van der Waals surface area contributed by atoms with Crippen LogP contribution >= 0.6 is 0 Å². The van der Waals surface area contributed by atoms with Crippen LogP contribution in [0.4, 0.5) is 5.88 Å². The first-order valence-electron chi connectivity index (χ1n) is 9.44. The van der Waals surface area contributed by atoms with Crippen molar-refractivity contribution in [2.45, 2.75) is 67.8 Å². The molecule has 2 fully saturated rings. The van der Waals surface area contributed by atoms with Gasteiger partial charge in [0.05, 0.1) is 17.6 Å². The van der Waals surface area contributed by atoms with Crippen molar-refractivity contribution in [3.63, 3.8) is 0 Å². The highest BCUT2D eigenvalue weighted by Gasteiger charge is 2.47. The Bertz CT molecular complexity index is 774. The first-order chi connectivity index (χ1) is 12.7. The van der Waals surface area contributed by atoms with E-state index in [1.165, 1.54) is 13.8 Å². The van der Waals surface area contributed by atoms with Crippen LogP contribution in [0, 0.1) is 0 Å². The number of nitrogens with one attached hydrogen (secondary N) is 1. The largest absolute Gasteiger partial charge is 0.395 e. The van der Waals surface area contributed by atoms with Gasteiger partial charge in [-0.25, -0.2) is 8.42 Å². The lowest BCUT2D eigenvalue weighted by atomic mass is 9.84. The van der Waals surface area contributed by atoms with Crippen molar-refractivity contribution >= 4 is 21.6 Å². The minimum absolute atomic E-state index is 0.0312. The van der Waals surface area contributed by atoms with Gasteiger partial charge in [-0.3, -0.25) is 10.1 Å². The molecule has 1 aliphatic heterocycles. The molecule has 0 bridgehead atoms. The molecule has 0 aromatic carbocycles. The quantitative estimate of drug-likeness (QED) is 0.747. The number of carbonyl (C=O) groups is 1. The average molecular weight is 400 g/mol. The average Bonchev–Trinajstić information content (AvgIpc) is 3.32. The van der Waals surface area contributed by atoms with Crippen molar-refractivity contribution in [3.8, 4) is 0 Å². The molecule has 9 heteroatoms. The summed E-state index contributed by atoms with van der Waals surface area (Å²) in [6, 6.07) is 1.59. The van der Waals surface area contributed by atoms with Crippen LogP contribution in [-0.2, 0) is 24.8 Å². The Morgan fingerprint density at radius 3 is 2.56 bits per heavy atom. The second-order valence-electron chi connectivity index (χ2n) is 8.04. The highest BCUT2D eigenvalue weighted by molar-refractivity contribution is 7.94. The molecule has 0 radical (unpaired) electrons. The van der Waals surface area contributed by atoms with Crippen molar-refractivity contribution in [2.75, 3.05) is 25.1 Å². The number of amides is 1. The van der Waals surface area contributed by atoms with E-state index in [0.29, 0.717) is 31.7 Å². The maximum atomic E-state index is 13.0. The molecule has 2 N–H and O–H groups in total. The predicted molar refractivity (Wildman–Crippen MR) is 99.2 cm³/mol. The number of aliphatic hydroxyl groups excluding tert-OH is 1. The highest BCUT2D eigenvalue weighted by Crippen LogP contribution is 2.41. The van der Waals surface area contributed by atoms with Crippen LogP contribution in [0.25, 0.3) is 0 Å². The van der Waals surface area contributed by atoms with Crippen LogP contribution in [0.5, 0.6) is 0 Å². The first kappa shape index (κ1) is 20.3. The molecule has 2 aliphatic rings. The van der Waals surface area contributed by atoms with Gasteiger partial charge in [-0.1, -0.05) is 18.0 Å². The van der Waals surface area contributed by atoms with E-state index < -0.39 is 31.2 Å². The molecular formula is C18H28N2O6S. The van der Waals surface area contributed by atoms with Crippen molar-refractivity contribution in [1.82, 2.24) is 5.16 Å². The monoisotopic (exact) mass is 400 g/mol. The highest BCUT2D eigenvalue weighted by atomic mass is 32.2. The zero-order valence-electron chi connectivity index (χ0n) is 15.9. The van der Waals surface area contributed by atoms with Crippen molar-refractivity contribution < 1.29 is 27.6 Å². The fourth-order valence-electron chi connectivity index (χ4n) is 3.93. The molecule has 1 aromatic heterocycles. The van der Waals surface area contributed by atoms with Gasteiger partial charge in [0.1, 0.15) is 4.75 Å². The maximum Gasteiger partial charge on any atom is 0.247 e. The summed E-state index contributed by atoms with van der Waals surface area (Å²) in [5.74, 6) is -0.550. The van der Waals surface area contributed by atoms with Gasteiger partial charge >= 0.3 is 0 Å². The fourth-order valence-corrected chi connectivity index (χ4v) is 5.88. The number of anilines is 1. The molecule has 1 aliphatic carbocycles. The lowest BCUT2D eigenvalue weighted by molar-refractivity contribution is -0.118. The Morgan fingerprint density at radius 1 is 1.33 bits per heavy atom. The summed E-state index contributed by atoms with van der Waals surface area (Å²) in [4.78, 5) is 12.7. The van der Waals surface area contributed by atoms with Crippen molar-refractivity contribution in [2.24, 2.45) is 0 Å². The molecule has 152 valence electrons. The van der Waals surface area contributed by atoms with E-state index in [9.17, 15) is 18.3 Å². The van der Waals surface area contributed by atoms with Crippen LogP contribution in [0.3, 0.4) is 0 Å². The number of aliphatic hydroxyl groups is 1. The Balaban J connectivity index is 1.74. The third-order valence-corrected chi connectivity index (χ3v) is 8.98. The van der Waals surface area contributed by atoms with Crippen molar-refractivity contribution in [3.05, 3.63) is 11.8 Å². The zero-order valence-corrected chi connectivity index (χ0v) is 16.7. The second-order valence-corrected chi connectivity index (χ2v) is 10.8. The van der Waals surface area contributed by atoms with Crippen LogP contribution in [0.2, 0.25) is 0 Å². The molecule has 8 nitrogen and oxygen atoms in total. The summed E-state index contributed by atoms with van der Waals surface area (Å²) in [7, 11) is -3.70. The Kier molecular flexibility index (Phi) is 5.65. The molecule has 27 heavy (non-hydrogen) atoms. The summed E-state index contributed by atoms with van der Waals surface area (Å²) in [5.41, 5.74) is 0.166. The zero-order chi connectivity index (χ0) is 19.7. The van der Waals surface area contributed by atoms with E-state index in [4.69, 9.17) is 9.26 Å². The minimum atomic E-state index is -3.70. The van der Waals surface area contributed by atoms with E-state index in [2.05, 4.69) is 10.5 Å². The Labute approximate surface area is 159 Å². The van der Waals surface area contributed by atoms with Crippen LogP contribution < -0.4 is 5.32 Å². The third-order valence-electron chi connectivity index (χ3n) is 6.02. The number of carbonyl (C=O) groups excluding carboxylic acids is 1. The van der Waals surface area contributed by atoms with Crippen molar-refractivity contribution in [1.29, 1.82) is 0 Å². The summed E-state index contributed by atoms with van der Waals surface area (Å²) in [6.45, 7) is 3.57. The lowest BCUT2D eigenvalue weighted by Crippen LogP contribution is -2.50. The first-order valence-corrected chi connectivity index (χ1v) is 11.0. The predicted octanol–water partition coefficient (Wildman–Crippen LogP) is 1.79. The second kappa shape index (κ2) is 7.52. The molecule has 0 spiro atoms. The number of rotatable bonds is 6. The molecule has 1 amide bonds. The van der Waals surface area contributed by atoms with Gasteiger partial charge in [-0.2, -0.15) is 0 Å². The molecule has 1 aromatic rings. The van der Waals surface area contributed by atoms with Crippen LogP contribution in [0.15, 0.2) is 10.6 Å². The minimum Gasteiger partial charge on any atom is -0.395 e. The van der Waals surface area contributed by atoms with Gasteiger partial charge in [0.2, 0.25) is 11.8 Å². The number of hydrogen-bond donors (Lipinski definition) is 2. The van der Waals surface area contributed by atoms with Gasteiger partial charge in [-0.15, -0.1) is 0 Å². The molecule has 0 atom stereocenters. The molecule has 1 saturated heterocycles. The number of ether oxygens (including phenoxy) is 1. The molecular weight excluding hydrogens is 372 g/mol. The summed E-state index contributed by atoms with van der Waals surface area (Å²) in [6.07, 6.45) is 4.42. The van der Waals surface area contributed by atoms with E-state index >= 15 is 0 Å². The summed E-state index contributed by atoms with van der Waals surface area (Å²) >= 11 is 0. The maximum absolute atomic E-state index is 13.0. The number of nitrogens with zero attached hydrogens (tertiary/aromatic N) is 1. The van der Waals surface area contributed by atoms with Crippen LogP contribution in [-0.4, -0.2) is 54.4 Å². The molecule has 2 heterocycles. The summed E-state index contributed by atoms with van der Waals surface area (Å²) < 4.78 is 34.7. The standard InChI is InChI=1S/C18H28N2O6S/c1-17(2,27(23,24)13-5-9-25-10-6-13)16(22)19-15-11-14(20-26-15)18(12-21)7-3-4-8-18/h11,13,21H,3-10,12H2,1-2H3,(H,19,22). The van der Waals surface area contributed by atoms with Gasteiger partial charge < -0.3 is 14.4 Å². The topological polar surface area (TPSA) is 119 Å². The lowest BCUT2D eigenvalue weighted by Gasteiger charge is -2.30. The molecule has 1 saturated carbocycles. The normalized spacial score (nSPS) is 21.3. The Hall–Kier alpha value is -1.45. The Morgan fingerprint density at radius 2 is 1.96 bits per heavy atom. The molecule has 3 rings (SSSR count). The number of aromatic nitrogens is 1. The van der Waals surface area contributed by atoms with Gasteiger partial charge in [-0.05, 0) is 39.5 Å². The van der Waals surface area contributed by atoms with E-state index in [1.54, 1.807) is 6.07 Å². The molecule has 0 unspecified atom stereocenters. The smallest absolute Gasteiger partial charge is 0.247 e. The number of hydrogen-bond acceptors (Lipinski definition) is 7. The van der Waals surface area contributed by atoms with Gasteiger partial charge in [0.25, 0.3) is 0 Å².